The number of benzene rings is 3. The molecule has 0 unspecified atom stereocenters. The molecule has 1 aliphatic rings. The second kappa shape index (κ2) is 11.6. The summed E-state index contributed by atoms with van der Waals surface area (Å²) in [6.07, 6.45) is 1.72. The first-order valence-electron chi connectivity index (χ1n) is 12.7. The van der Waals surface area contributed by atoms with Crippen LogP contribution >= 0.6 is 0 Å². The van der Waals surface area contributed by atoms with Crippen molar-refractivity contribution in [2.24, 2.45) is 0 Å². The monoisotopic (exact) mass is 522 g/mol. The van der Waals surface area contributed by atoms with Crippen LogP contribution in [-0.2, 0) is 4.79 Å². The minimum Gasteiger partial charge on any atom is -0.497 e. The third kappa shape index (κ3) is 6.32. The van der Waals surface area contributed by atoms with Crippen LogP contribution in [0.2, 0.25) is 0 Å². The van der Waals surface area contributed by atoms with Gasteiger partial charge in [-0.15, -0.1) is 0 Å². The number of aromatic nitrogens is 2. The summed E-state index contributed by atoms with van der Waals surface area (Å²) in [6, 6.07) is 24.8. The first-order valence-corrected chi connectivity index (χ1v) is 12.7. The highest BCUT2D eigenvalue weighted by Crippen LogP contribution is 2.24. The lowest BCUT2D eigenvalue weighted by molar-refractivity contribution is -0.114. The number of methoxy groups -OCH3 is 1. The summed E-state index contributed by atoms with van der Waals surface area (Å²) in [5.74, 6) is 1.10. The molecule has 0 aliphatic carbocycles. The molecule has 2 N–H and O–H groups in total. The van der Waals surface area contributed by atoms with E-state index >= 15 is 0 Å². The maximum atomic E-state index is 12.9. The number of hydrogen-bond acceptors (Lipinski definition) is 7. The van der Waals surface area contributed by atoms with E-state index in [0.717, 1.165) is 41.4 Å². The molecule has 2 heterocycles. The Hall–Kier alpha value is -4.92. The largest absolute Gasteiger partial charge is 0.497 e. The lowest BCUT2D eigenvalue weighted by atomic mass is 10.1. The topological polar surface area (TPSA) is 99.7 Å². The third-order valence-electron chi connectivity index (χ3n) is 6.53. The number of anilines is 4. The van der Waals surface area contributed by atoms with Crippen molar-refractivity contribution < 1.29 is 14.3 Å². The van der Waals surface area contributed by atoms with Crippen molar-refractivity contribution in [3.05, 3.63) is 90.6 Å². The van der Waals surface area contributed by atoms with Crippen LogP contribution in [0.5, 0.6) is 5.75 Å². The lowest BCUT2D eigenvalue weighted by Crippen LogP contribution is -2.48. The highest BCUT2D eigenvalue weighted by atomic mass is 16.5. The van der Waals surface area contributed by atoms with Crippen LogP contribution in [0, 0.1) is 0 Å². The molecule has 0 radical (unpaired) electrons. The van der Waals surface area contributed by atoms with E-state index in [-0.39, 0.29) is 11.8 Å². The molecular weight excluding hydrogens is 492 g/mol. The van der Waals surface area contributed by atoms with Crippen molar-refractivity contribution in [1.29, 1.82) is 0 Å². The van der Waals surface area contributed by atoms with Crippen LogP contribution < -0.4 is 20.3 Å². The molecule has 4 aromatic rings. The van der Waals surface area contributed by atoms with Crippen LogP contribution in [0.15, 0.2) is 85.1 Å². The predicted molar refractivity (Wildman–Crippen MR) is 153 cm³/mol. The molecule has 9 nitrogen and oxygen atoms in total. The number of piperazine rings is 1. The maximum Gasteiger partial charge on any atom is 0.254 e. The number of hydrogen-bond donors (Lipinski definition) is 2. The summed E-state index contributed by atoms with van der Waals surface area (Å²) in [6.45, 7) is 4.31. The van der Waals surface area contributed by atoms with Crippen molar-refractivity contribution >= 4 is 34.8 Å². The molecular formula is C30H30N6O3. The molecule has 9 heteroatoms. The van der Waals surface area contributed by atoms with Gasteiger partial charge >= 0.3 is 0 Å². The van der Waals surface area contributed by atoms with Gasteiger partial charge < -0.3 is 25.2 Å². The van der Waals surface area contributed by atoms with Gasteiger partial charge in [-0.3, -0.25) is 9.59 Å². The van der Waals surface area contributed by atoms with Gasteiger partial charge in [-0.05, 0) is 60.7 Å². The van der Waals surface area contributed by atoms with Gasteiger partial charge in [0.25, 0.3) is 5.91 Å². The molecule has 3 aromatic carbocycles. The third-order valence-corrected chi connectivity index (χ3v) is 6.53. The fraction of sp³-hybridized carbons (Fsp3) is 0.200. The quantitative estimate of drug-likeness (QED) is 0.359. The van der Waals surface area contributed by atoms with Crippen molar-refractivity contribution in [2.45, 2.75) is 6.92 Å². The van der Waals surface area contributed by atoms with E-state index < -0.39 is 0 Å². The van der Waals surface area contributed by atoms with E-state index in [9.17, 15) is 9.59 Å². The molecule has 0 spiro atoms. The lowest BCUT2D eigenvalue weighted by Gasteiger charge is -2.36. The summed E-state index contributed by atoms with van der Waals surface area (Å²) >= 11 is 0. The van der Waals surface area contributed by atoms with Crippen molar-refractivity contribution in [3.8, 4) is 17.0 Å². The molecule has 39 heavy (non-hydrogen) atoms. The normalized spacial score (nSPS) is 13.1. The molecule has 0 bridgehead atoms. The Morgan fingerprint density at radius 1 is 0.872 bits per heavy atom. The predicted octanol–water partition coefficient (Wildman–Crippen LogP) is 4.82. The summed E-state index contributed by atoms with van der Waals surface area (Å²) in [5.41, 5.74) is 5.07. The zero-order chi connectivity index (χ0) is 27.2. The molecule has 1 aromatic heterocycles. The maximum absolute atomic E-state index is 12.9. The number of ether oxygens (including phenoxy) is 1. The first-order chi connectivity index (χ1) is 19.0. The number of carbonyl (C=O) groups excluding carboxylic acids is 2. The Balaban J connectivity index is 1.18. The molecule has 0 saturated carbocycles. The van der Waals surface area contributed by atoms with Crippen LogP contribution in [0.25, 0.3) is 11.3 Å². The molecule has 1 fully saturated rings. The Morgan fingerprint density at radius 3 is 2.28 bits per heavy atom. The first kappa shape index (κ1) is 25.7. The average molecular weight is 523 g/mol. The zero-order valence-electron chi connectivity index (χ0n) is 21.9. The van der Waals surface area contributed by atoms with E-state index in [1.54, 1.807) is 19.4 Å². The number of nitrogens with one attached hydrogen (secondary N) is 2. The Morgan fingerprint density at radius 2 is 1.59 bits per heavy atom. The smallest absolute Gasteiger partial charge is 0.254 e. The van der Waals surface area contributed by atoms with Crippen molar-refractivity contribution in [3.63, 3.8) is 0 Å². The Bertz CT molecular complexity index is 1450. The van der Waals surface area contributed by atoms with Gasteiger partial charge in [0.2, 0.25) is 11.9 Å². The molecule has 1 aliphatic heterocycles. The number of carbonyl (C=O) groups is 2. The molecule has 0 atom stereocenters. The number of amides is 2. The van der Waals surface area contributed by atoms with Crippen molar-refractivity contribution in [1.82, 2.24) is 14.9 Å². The van der Waals surface area contributed by atoms with E-state index in [2.05, 4.69) is 37.6 Å². The molecule has 2 amide bonds. The van der Waals surface area contributed by atoms with Crippen LogP contribution in [-0.4, -0.2) is 60.0 Å². The number of rotatable bonds is 7. The van der Waals surface area contributed by atoms with Gasteiger partial charge in [0, 0.05) is 67.5 Å². The molecule has 5 rings (SSSR count). The SMILES string of the molecule is COc1cccc(C(=O)N2CCN(c3ccc(Nc4nccc(-c5ccc(NC(C)=O)cc5)n4)cc3)CC2)c1. The van der Waals surface area contributed by atoms with Gasteiger partial charge in [-0.2, -0.15) is 0 Å². The van der Waals surface area contributed by atoms with Gasteiger partial charge in [0.1, 0.15) is 5.75 Å². The Labute approximate surface area is 227 Å². The van der Waals surface area contributed by atoms with E-state index in [4.69, 9.17) is 4.74 Å². The minimum absolute atomic E-state index is 0.0269. The molecule has 1 saturated heterocycles. The zero-order valence-corrected chi connectivity index (χ0v) is 21.9. The van der Waals surface area contributed by atoms with Gasteiger partial charge in [-0.1, -0.05) is 18.2 Å². The van der Waals surface area contributed by atoms with E-state index in [1.165, 1.54) is 6.92 Å². The highest BCUT2D eigenvalue weighted by Gasteiger charge is 2.22. The second-order valence-electron chi connectivity index (χ2n) is 9.21. The highest BCUT2D eigenvalue weighted by molar-refractivity contribution is 5.94. The van der Waals surface area contributed by atoms with Gasteiger partial charge in [-0.25, -0.2) is 9.97 Å². The minimum atomic E-state index is -0.107. The van der Waals surface area contributed by atoms with E-state index in [1.807, 2.05) is 65.6 Å². The summed E-state index contributed by atoms with van der Waals surface area (Å²) < 4.78 is 5.25. The standard InChI is InChI=1S/C30H30N6O3/c1-21(37)32-24-8-6-22(7-9-24)28-14-15-31-30(34-28)33-25-10-12-26(13-11-25)35-16-18-36(19-17-35)29(38)23-4-3-5-27(20-23)39-2/h3-15,20H,16-19H2,1-2H3,(H,32,37)(H,31,33,34). The van der Waals surface area contributed by atoms with Crippen molar-refractivity contribution in [2.75, 3.05) is 48.8 Å². The van der Waals surface area contributed by atoms with Gasteiger partial charge in [0.05, 0.1) is 12.8 Å². The fourth-order valence-corrected chi connectivity index (χ4v) is 4.50. The van der Waals surface area contributed by atoms with Crippen LogP contribution in [0.4, 0.5) is 23.0 Å². The van der Waals surface area contributed by atoms with Gasteiger partial charge in [0.15, 0.2) is 0 Å². The fourth-order valence-electron chi connectivity index (χ4n) is 4.50. The second-order valence-corrected chi connectivity index (χ2v) is 9.21. The van der Waals surface area contributed by atoms with Crippen LogP contribution in [0.1, 0.15) is 17.3 Å². The number of nitrogens with zero attached hydrogens (tertiary/aromatic N) is 4. The molecule has 198 valence electrons. The van der Waals surface area contributed by atoms with Crippen LogP contribution in [0.3, 0.4) is 0 Å². The Kier molecular flexibility index (Phi) is 7.68. The summed E-state index contributed by atoms with van der Waals surface area (Å²) in [5, 5.41) is 6.03. The summed E-state index contributed by atoms with van der Waals surface area (Å²) in [7, 11) is 1.60. The summed E-state index contributed by atoms with van der Waals surface area (Å²) in [4.78, 5) is 37.3. The van der Waals surface area contributed by atoms with E-state index in [0.29, 0.717) is 30.4 Å². The average Bonchev–Trinajstić information content (AvgIpc) is 2.97.